The van der Waals surface area contributed by atoms with Crippen LogP contribution in [0.4, 0.5) is 23.0 Å². The first kappa shape index (κ1) is 16.8. The van der Waals surface area contributed by atoms with E-state index in [0.29, 0.717) is 0 Å². The first-order valence-electron chi connectivity index (χ1n) is 8.28. The molecule has 0 saturated heterocycles. The number of aryl methyl sites for hydroxylation is 1. The topological polar surface area (TPSA) is 59.1 Å². The molecule has 0 atom stereocenters. The molecule has 25 heavy (non-hydrogen) atoms. The van der Waals surface area contributed by atoms with Gasteiger partial charge in [0.15, 0.2) is 0 Å². The van der Waals surface area contributed by atoms with E-state index in [1.807, 2.05) is 56.3 Å². The Morgan fingerprint density at radius 2 is 1.32 bits per heavy atom. The Hall–Kier alpha value is -3.08. The van der Waals surface area contributed by atoms with Gasteiger partial charge in [-0.3, -0.25) is 0 Å². The van der Waals surface area contributed by atoms with Crippen LogP contribution in [-0.4, -0.2) is 16.1 Å². The molecule has 1 aromatic heterocycles. The van der Waals surface area contributed by atoms with E-state index < -0.39 is 0 Å². The van der Waals surface area contributed by atoms with Crippen LogP contribution >= 0.6 is 0 Å². The van der Waals surface area contributed by atoms with Gasteiger partial charge in [-0.25, -0.2) is 9.97 Å². The zero-order valence-corrected chi connectivity index (χ0v) is 14.7. The Morgan fingerprint density at radius 1 is 0.800 bits per heavy atom. The number of nitrogens with zero attached hydrogens (tertiary/aromatic N) is 2. The number of benzene rings is 2. The molecule has 5 nitrogen and oxygen atoms in total. The predicted molar refractivity (Wildman–Crippen MR) is 102 cm³/mol. The van der Waals surface area contributed by atoms with Crippen molar-refractivity contribution in [3.05, 3.63) is 66.5 Å². The number of nitrogens with one attached hydrogen (secondary N) is 2. The second-order valence-electron chi connectivity index (χ2n) is 6.10. The molecular weight excluding hydrogens is 312 g/mol. The number of rotatable bonds is 6. The maximum absolute atomic E-state index is 5.65. The summed E-state index contributed by atoms with van der Waals surface area (Å²) in [5.41, 5.74) is 3.15. The molecule has 2 aromatic carbocycles. The van der Waals surface area contributed by atoms with Gasteiger partial charge in [0.05, 0.1) is 6.10 Å². The standard InChI is InChI=1S/C20H22N4O/c1-14(2)25-18-10-8-17(9-11-18)24-20-12-19(21-13-22-20)23-16-6-4-15(3)5-7-16/h4-14H,1-3H3,(H2,21,22,23,24). The summed E-state index contributed by atoms with van der Waals surface area (Å²) < 4.78 is 5.65. The lowest BCUT2D eigenvalue weighted by Gasteiger charge is -2.11. The Kier molecular flexibility index (Phi) is 5.14. The summed E-state index contributed by atoms with van der Waals surface area (Å²) in [5.74, 6) is 2.31. The van der Waals surface area contributed by atoms with E-state index in [-0.39, 0.29) is 6.10 Å². The first-order chi connectivity index (χ1) is 12.1. The third-order valence-corrected chi connectivity index (χ3v) is 3.49. The summed E-state index contributed by atoms with van der Waals surface area (Å²) >= 11 is 0. The molecule has 0 aliphatic heterocycles. The van der Waals surface area contributed by atoms with E-state index in [1.54, 1.807) is 0 Å². The lowest BCUT2D eigenvalue weighted by atomic mass is 10.2. The summed E-state index contributed by atoms with van der Waals surface area (Å²) in [6.45, 7) is 6.08. The second-order valence-corrected chi connectivity index (χ2v) is 6.10. The molecule has 128 valence electrons. The predicted octanol–water partition coefficient (Wildman–Crippen LogP) is 5.06. The zero-order valence-electron chi connectivity index (χ0n) is 14.7. The highest BCUT2D eigenvalue weighted by Gasteiger charge is 2.02. The van der Waals surface area contributed by atoms with Gasteiger partial charge >= 0.3 is 0 Å². The molecule has 1 heterocycles. The Labute approximate surface area is 148 Å². The normalized spacial score (nSPS) is 10.6. The van der Waals surface area contributed by atoms with E-state index in [1.165, 1.54) is 11.9 Å². The van der Waals surface area contributed by atoms with Gasteiger partial charge in [-0.05, 0) is 57.2 Å². The lowest BCUT2D eigenvalue weighted by molar-refractivity contribution is 0.242. The fourth-order valence-corrected chi connectivity index (χ4v) is 2.32. The van der Waals surface area contributed by atoms with Crippen LogP contribution in [0.3, 0.4) is 0 Å². The monoisotopic (exact) mass is 334 g/mol. The van der Waals surface area contributed by atoms with Gasteiger partial charge in [0, 0.05) is 17.4 Å². The molecule has 3 rings (SSSR count). The van der Waals surface area contributed by atoms with Gasteiger partial charge in [0.1, 0.15) is 23.7 Å². The fraction of sp³-hybridized carbons (Fsp3) is 0.200. The lowest BCUT2D eigenvalue weighted by Crippen LogP contribution is -2.05. The van der Waals surface area contributed by atoms with Crippen molar-refractivity contribution < 1.29 is 4.74 Å². The largest absolute Gasteiger partial charge is 0.491 e. The Balaban J connectivity index is 1.68. The molecule has 0 aliphatic rings. The maximum atomic E-state index is 5.65. The van der Waals surface area contributed by atoms with Crippen LogP contribution in [0.15, 0.2) is 60.9 Å². The van der Waals surface area contributed by atoms with Gasteiger partial charge in [0.2, 0.25) is 0 Å². The third kappa shape index (κ3) is 4.94. The number of anilines is 4. The van der Waals surface area contributed by atoms with Crippen LogP contribution in [-0.2, 0) is 0 Å². The Bertz CT molecular complexity index is 814. The number of aromatic nitrogens is 2. The van der Waals surface area contributed by atoms with E-state index in [0.717, 1.165) is 28.8 Å². The van der Waals surface area contributed by atoms with Crippen molar-refractivity contribution in [3.63, 3.8) is 0 Å². The van der Waals surface area contributed by atoms with E-state index in [9.17, 15) is 0 Å². The van der Waals surface area contributed by atoms with Crippen molar-refractivity contribution in [1.82, 2.24) is 9.97 Å². The van der Waals surface area contributed by atoms with Gasteiger partial charge in [0.25, 0.3) is 0 Å². The van der Waals surface area contributed by atoms with E-state index in [2.05, 4.69) is 39.7 Å². The highest BCUT2D eigenvalue weighted by atomic mass is 16.5. The maximum Gasteiger partial charge on any atom is 0.135 e. The van der Waals surface area contributed by atoms with E-state index >= 15 is 0 Å². The molecule has 0 aliphatic carbocycles. The van der Waals surface area contributed by atoms with Crippen molar-refractivity contribution in [2.45, 2.75) is 26.9 Å². The quantitative estimate of drug-likeness (QED) is 0.660. The van der Waals surface area contributed by atoms with Gasteiger partial charge in [-0.1, -0.05) is 17.7 Å². The average Bonchev–Trinajstić information content (AvgIpc) is 2.59. The van der Waals surface area contributed by atoms with Crippen molar-refractivity contribution >= 4 is 23.0 Å². The molecule has 0 bridgehead atoms. The minimum atomic E-state index is 0.163. The molecule has 0 fully saturated rings. The molecule has 0 amide bonds. The van der Waals surface area contributed by atoms with Gasteiger partial charge < -0.3 is 15.4 Å². The van der Waals surface area contributed by atoms with Gasteiger partial charge in [-0.2, -0.15) is 0 Å². The van der Waals surface area contributed by atoms with E-state index in [4.69, 9.17) is 4.74 Å². The summed E-state index contributed by atoms with van der Waals surface area (Å²) in [4.78, 5) is 8.53. The highest BCUT2D eigenvalue weighted by Crippen LogP contribution is 2.22. The molecule has 2 N–H and O–H groups in total. The van der Waals surface area contributed by atoms with Gasteiger partial charge in [-0.15, -0.1) is 0 Å². The number of hydrogen-bond donors (Lipinski definition) is 2. The zero-order chi connectivity index (χ0) is 17.6. The van der Waals surface area contributed by atoms with Crippen LogP contribution in [0, 0.1) is 6.92 Å². The van der Waals surface area contributed by atoms with Crippen LogP contribution < -0.4 is 15.4 Å². The van der Waals surface area contributed by atoms with Crippen LogP contribution in [0.25, 0.3) is 0 Å². The van der Waals surface area contributed by atoms with Crippen molar-refractivity contribution in [2.75, 3.05) is 10.6 Å². The summed E-state index contributed by atoms with van der Waals surface area (Å²) in [6, 6.07) is 17.9. The summed E-state index contributed by atoms with van der Waals surface area (Å²) in [7, 11) is 0. The fourth-order valence-electron chi connectivity index (χ4n) is 2.32. The molecule has 3 aromatic rings. The van der Waals surface area contributed by atoms with Crippen molar-refractivity contribution in [2.24, 2.45) is 0 Å². The number of hydrogen-bond acceptors (Lipinski definition) is 5. The van der Waals surface area contributed by atoms with Crippen LogP contribution in [0.5, 0.6) is 5.75 Å². The average molecular weight is 334 g/mol. The summed E-state index contributed by atoms with van der Waals surface area (Å²) in [5, 5.41) is 6.55. The molecular formula is C20H22N4O. The van der Waals surface area contributed by atoms with Crippen molar-refractivity contribution in [1.29, 1.82) is 0 Å². The third-order valence-electron chi connectivity index (χ3n) is 3.49. The minimum absolute atomic E-state index is 0.163. The van der Waals surface area contributed by atoms with Crippen molar-refractivity contribution in [3.8, 4) is 5.75 Å². The molecule has 0 spiro atoms. The molecule has 0 radical (unpaired) electrons. The molecule has 5 heteroatoms. The van der Waals surface area contributed by atoms with Crippen LogP contribution in [0.1, 0.15) is 19.4 Å². The summed E-state index contributed by atoms with van der Waals surface area (Å²) in [6.07, 6.45) is 1.70. The number of ether oxygens (including phenoxy) is 1. The Morgan fingerprint density at radius 3 is 1.84 bits per heavy atom. The minimum Gasteiger partial charge on any atom is -0.491 e. The van der Waals surface area contributed by atoms with Crippen LogP contribution in [0.2, 0.25) is 0 Å². The smallest absolute Gasteiger partial charge is 0.135 e. The molecule has 0 unspecified atom stereocenters. The molecule has 0 saturated carbocycles. The second kappa shape index (κ2) is 7.66. The SMILES string of the molecule is Cc1ccc(Nc2cc(Nc3ccc(OC(C)C)cc3)ncn2)cc1. The first-order valence-corrected chi connectivity index (χ1v) is 8.28. The highest BCUT2D eigenvalue weighted by molar-refractivity contribution is 5.63.